The van der Waals surface area contributed by atoms with E-state index in [1.54, 1.807) is 0 Å². The predicted molar refractivity (Wildman–Crippen MR) is 80.5 cm³/mol. The molecule has 0 saturated carbocycles. The molecular formula is C11H16N2O2S3. The fourth-order valence-corrected chi connectivity index (χ4v) is 5.21. The maximum Gasteiger partial charge on any atom is 0.235 e. The molecule has 4 nitrogen and oxygen atoms in total. The fourth-order valence-electron chi connectivity index (χ4n) is 1.77. The Kier molecular flexibility index (Phi) is 8.55. The van der Waals surface area contributed by atoms with Crippen LogP contribution >= 0.6 is 36.2 Å². The summed E-state index contributed by atoms with van der Waals surface area (Å²) < 4.78 is 0. The lowest BCUT2D eigenvalue weighted by Crippen LogP contribution is -2.22. The highest BCUT2D eigenvalue weighted by molar-refractivity contribution is 8.06. The lowest BCUT2D eigenvalue weighted by Gasteiger charge is -2.24. The zero-order valence-electron chi connectivity index (χ0n) is 9.95. The minimum atomic E-state index is -0.298. The number of hydrogen-bond donors (Lipinski definition) is 1. The second kappa shape index (κ2) is 9.70. The molecule has 0 amide bonds. The standard InChI is InChI=1S/C11H16N2O2S3/c14-7-12-5-9(13-8-15)3-10(16)4-11-6-17-1-2-18-11/h9-11,16H,1-6H2. The molecule has 0 aromatic carbocycles. The number of carbonyl (C=O) groups excluding carboxylic acids is 2. The number of isocyanates is 2. The zero-order valence-corrected chi connectivity index (χ0v) is 12.5. The van der Waals surface area contributed by atoms with E-state index >= 15 is 0 Å². The molecule has 3 atom stereocenters. The summed E-state index contributed by atoms with van der Waals surface area (Å²) >= 11 is 8.51. The van der Waals surface area contributed by atoms with Crippen molar-refractivity contribution < 1.29 is 9.59 Å². The first-order chi connectivity index (χ1) is 8.76. The molecule has 100 valence electrons. The van der Waals surface area contributed by atoms with Crippen LogP contribution in [0.3, 0.4) is 0 Å². The van der Waals surface area contributed by atoms with Crippen molar-refractivity contribution in [3.63, 3.8) is 0 Å². The third-order valence-electron chi connectivity index (χ3n) is 2.57. The summed E-state index contributed by atoms with van der Waals surface area (Å²) in [5, 5.41) is 0.798. The quantitative estimate of drug-likeness (QED) is 0.444. The minimum absolute atomic E-state index is 0.171. The van der Waals surface area contributed by atoms with Crippen LogP contribution in [0.5, 0.6) is 0 Å². The van der Waals surface area contributed by atoms with E-state index in [9.17, 15) is 9.59 Å². The molecule has 3 unspecified atom stereocenters. The van der Waals surface area contributed by atoms with Crippen molar-refractivity contribution in [2.75, 3.05) is 23.8 Å². The highest BCUT2D eigenvalue weighted by Crippen LogP contribution is 2.29. The Hall–Kier alpha value is -0.190. The van der Waals surface area contributed by atoms with Gasteiger partial charge in [-0.1, -0.05) is 0 Å². The van der Waals surface area contributed by atoms with Crippen molar-refractivity contribution in [3.8, 4) is 0 Å². The van der Waals surface area contributed by atoms with Crippen LogP contribution in [0.1, 0.15) is 12.8 Å². The van der Waals surface area contributed by atoms with Gasteiger partial charge in [0.25, 0.3) is 0 Å². The van der Waals surface area contributed by atoms with Gasteiger partial charge in [0.05, 0.1) is 12.6 Å². The van der Waals surface area contributed by atoms with E-state index in [4.69, 9.17) is 0 Å². The summed E-state index contributed by atoms with van der Waals surface area (Å²) in [4.78, 5) is 27.5. The molecule has 7 heteroatoms. The van der Waals surface area contributed by atoms with Crippen LogP contribution in [0.4, 0.5) is 0 Å². The third kappa shape index (κ3) is 6.66. The molecule has 0 radical (unpaired) electrons. The maximum atomic E-state index is 10.3. The highest BCUT2D eigenvalue weighted by atomic mass is 32.2. The molecule has 0 spiro atoms. The second-order valence-corrected chi connectivity index (χ2v) is 7.29. The summed E-state index contributed by atoms with van der Waals surface area (Å²) in [5.41, 5.74) is 0. The molecule has 1 aliphatic heterocycles. The number of thioether (sulfide) groups is 2. The smallest absolute Gasteiger partial charge is 0.211 e. The number of thiol groups is 1. The lowest BCUT2D eigenvalue weighted by atomic mass is 10.1. The van der Waals surface area contributed by atoms with Crippen molar-refractivity contribution in [1.82, 2.24) is 0 Å². The largest absolute Gasteiger partial charge is 0.235 e. The molecule has 0 bridgehead atoms. The second-order valence-electron chi connectivity index (χ2n) is 4.00. The first-order valence-corrected chi connectivity index (χ1v) is 8.46. The van der Waals surface area contributed by atoms with Crippen LogP contribution in [-0.2, 0) is 9.59 Å². The molecule has 1 saturated heterocycles. The predicted octanol–water partition coefficient (Wildman–Crippen LogP) is 1.95. The fraction of sp³-hybridized carbons (Fsp3) is 0.818. The van der Waals surface area contributed by atoms with Crippen LogP contribution in [0.15, 0.2) is 9.98 Å². The topological polar surface area (TPSA) is 58.9 Å². The molecule has 1 fully saturated rings. The molecule has 1 heterocycles. The molecule has 1 rings (SSSR count). The monoisotopic (exact) mass is 304 g/mol. The summed E-state index contributed by atoms with van der Waals surface area (Å²) in [6.45, 7) is 0.197. The first kappa shape index (κ1) is 15.9. The van der Waals surface area contributed by atoms with E-state index in [0.717, 1.165) is 12.2 Å². The van der Waals surface area contributed by atoms with Gasteiger partial charge in [-0.3, -0.25) is 0 Å². The van der Waals surface area contributed by atoms with E-state index < -0.39 is 0 Å². The average molecular weight is 304 g/mol. The molecule has 18 heavy (non-hydrogen) atoms. The van der Waals surface area contributed by atoms with Gasteiger partial charge in [0.1, 0.15) is 0 Å². The Morgan fingerprint density at radius 2 is 2.17 bits per heavy atom. The Morgan fingerprint density at radius 1 is 1.33 bits per heavy atom. The minimum Gasteiger partial charge on any atom is -0.211 e. The zero-order chi connectivity index (χ0) is 13.2. The van der Waals surface area contributed by atoms with Gasteiger partial charge in [-0.2, -0.15) is 36.2 Å². The summed E-state index contributed by atoms with van der Waals surface area (Å²) in [6, 6.07) is -0.298. The Labute approximate surface area is 121 Å². The SMILES string of the molecule is O=C=NCC(CC(S)CC1CSCCS1)N=C=O. The molecular weight excluding hydrogens is 288 g/mol. The van der Waals surface area contributed by atoms with Crippen LogP contribution in [0, 0.1) is 0 Å². The van der Waals surface area contributed by atoms with Gasteiger partial charge < -0.3 is 0 Å². The number of hydrogen-bond acceptors (Lipinski definition) is 7. The number of aliphatic imine (C=N–C) groups is 2. The normalized spacial score (nSPS) is 22.4. The Morgan fingerprint density at radius 3 is 2.78 bits per heavy atom. The Bertz CT molecular complexity index is 335. The molecule has 0 N–H and O–H groups in total. The van der Waals surface area contributed by atoms with E-state index in [1.165, 1.54) is 23.7 Å². The maximum absolute atomic E-state index is 10.3. The highest BCUT2D eigenvalue weighted by Gasteiger charge is 2.20. The first-order valence-electron chi connectivity index (χ1n) is 5.74. The van der Waals surface area contributed by atoms with Gasteiger partial charge in [0.2, 0.25) is 12.2 Å². The van der Waals surface area contributed by atoms with Gasteiger partial charge in [0.15, 0.2) is 0 Å². The van der Waals surface area contributed by atoms with Crippen molar-refractivity contribution in [1.29, 1.82) is 0 Å². The third-order valence-corrected chi connectivity index (χ3v) is 5.86. The van der Waals surface area contributed by atoms with E-state index in [2.05, 4.69) is 22.6 Å². The number of nitrogens with zero attached hydrogens (tertiary/aromatic N) is 2. The van der Waals surface area contributed by atoms with Crippen LogP contribution in [-0.4, -0.2) is 52.5 Å². The van der Waals surface area contributed by atoms with Gasteiger partial charge in [0, 0.05) is 27.8 Å². The molecule has 1 aliphatic rings. The van der Waals surface area contributed by atoms with Crippen LogP contribution in [0.2, 0.25) is 0 Å². The van der Waals surface area contributed by atoms with Gasteiger partial charge >= 0.3 is 0 Å². The van der Waals surface area contributed by atoms with Gasteiger partial charge in [-0.15, -0.1) is 0 Å². The average Bonchev–Trinajstić information content (AvgIpc) is 2.37. The summed E-state index contributed by atoms with van der Waals surface area (Å²) in [5.74, 6) is 3.58. The van der Waals surface area contributed by atoms with E-state index in [1.807, 2.05) is 23.5 Å². The summed E-state index contributed by atoms with van der Waals surface area (Å²) in [6.07, 6.45) is 4.63. The molecule has 0 aliphatic carbocycles. The van der Waals surface area contributed by atoms with Crippen molar-refractivity contribution >= 4 is 48.3 Å². The number of rotatable bonds is 7. The molecule has 0 aromatic heterocycles. The van der Waals surface area contributed by atoms with Crippen LogP contribution in [0.25, 0.3) is 0 Å². The molecule has 0 aromatic rings. The van der Waals surface area contributed by atoms with Crippen molar-refractivity contribution in [2.24, 2.45) is 9.98 Å². The summed E-state index contributed by atoms with van der Waals surface area (Å²) in [7, 11) is 0. The van der Waals surface area contributed by atoms with Gasteiger partial charge in [-0.05, 0) is 12.8 Å². The van der Waals surface area contributed by atoms with Crippen molar-refractivity contribution in [2.45, 2.75) is 29.4 Å². The van der Waals surface area contributed by atoms with Crippen molar-refractivity contribution in [3.05, 3.63) is 0 Å². The van der Waals surface area contributed by atoms with E-state index in [0.29, 0.717) is 11.7 Å². The van der Waals surface area contributed by atoms with E-state index in [-0.39, 0.29) is 17.8 Å². The van der Waals surface area contributed by atoms with Crippen LogP contribution < -0.4 is 0 Å². The Balaban J connectivity index is 2.36. The van der Waals surface area contributed by atoms with Gasteiger partial charge in [-0.25, -0.2) is 19.6 Å². The lowest BCUT2D eigenvalue weighted by molar-refractivity contribution is 0.538.